The van der Waals surface area contributed by atoms with Gasteiger partial charge in [-0.25, -0.2) is 9.97 Å². The summed E-state index contributed by atoms with van der Waals surface area (Å²) in [6, 6.07) is 0. The van der Waals surface area contributed by atoms with E-state index in [4.69, 9.17) is 0 Å². The van der Waals surface area contributed by atoms with E-state index in [0.717, 1.165) is 20.1 Å². The Hall–Kier alpha value is -0.390. The van der Waals surface area contributed by atoms with E-state index in [9.17, 15) is 0 Å². The van der Waals surface area contributed by atoms with Gasteiger partial charge in [-0.1, -0.05) is 0 Å². The molecule has 0 aliphatic carbocycles. The minimum atomic E-state index is 1.10. The number of hydrogen-bond donors (Lipinski definition) is 0. The minimum Gasteiger partial charge on any atom is -0.234 e. The molecule has 80 valence electrons. The molecule has 0 saturated heterocycles. The van der Waals surface area contributed by atoms with Crippen molar-refractivity contribution >= 4 is 34.4 Å². The van der Waals surface area contributed by atoms with Crippen molar-refractivity contribution < 1.29 is 0 Å². The Morgan fingerprint density at radius 1 is 0.800 bits per heavy atom. The summed E-state index contributed by atoms with van der Waals surface area (Å²) < 4.78 is 2.19. The van der Waals surface area contributed by atoms with Crippen LogP contribution in [0.15, 0.2) is 8.68 Å². The van der Waals surface area contributed by atoms with Gasteiger partial charge in [0, 0.05) is 9.75 Å². The molecule has 2 nitrogen and oxygen atoms in total. The molecule has 5 heteroatoms. The Bertz CT molecular complexity index is 402. The lowest BCUT2D eigenvalue weighted by molar-refractivity contribution is 1.12. The summed E-state index contributed by atoms with van der Waals surface area (Å²) in [5.74, 6) is 0. The molecule has 0 saturated carbocycles. The van der Waals surface area contributed by atoms with Crippen LogP contribution in [-0.2, 0) is 0 Å². The predicted molar refractivity (Wildman–Crippen MR) is 67.3 cm³/mol. The van der Waals surface area contributed by atoms with E-state index in [2.05, 4.69) is 23.8 Å². The predicted octanol–water partition coefficient (Wildman–Crippen LogP) is 3.98. The van der Waals surface area contributed by atoms with E-state index in [1.165, 1.54) is 9.75 Å². The van der Waals surface area contributed by atoms with Gasteiger partial charge in [-0.3, -0.25) is 0 Å². The molecule has 0 bridgehead atoms. The van der Waals surface area contributed by atoms with Crippen LogP contribution in [0.1, 0.15) is 21.1 Å². The van der Waals surface area contributed by atoms with Crippen LogP contribution in [0.25, 0.3) is 0 Å². The maximum absolute atomic E-state index is 4.49. The minimum absolute atomic E-state index is 1.10. The molecule has 0 aliphatic rings. The summed E-state index contributed by atoms with van der Waals surface area (Å²) in [6.45, 7) is 8.31. The Morgan fingerprint density at radius 2 is 1.20 bits per heavy atom. The molecule has 0 atom stereocenters. The Morgan fingerprint density at radius 3 is 1.47 bits per heavy atom. The van der Waals surface area contributed by atoms with Crippen LogP contribution in [0.5, 0.6) is 0 Å². The lowest BCUT2D eigenvalue weighted by atomic mass is 10.4. The first kappa shape index (κ1) is 11.1. The van der Waals surface area contributed by atoms with Gasteiger partial charge in [-0.2, -0.15) is 0 Å². The Kier molecular flexibility index (Phi) is 3.13. The van der Waals surface area contributed by atoms with Gasteiger partial charge in [-0.15, -0.1) is 22.7 Å². The van der Waals surface area contributed by atoms with Crippen LogP contribution in [0.3, 0.4) is 0 Å². The third-order valence-electron chi connectivity index (χ3n) is 2.19. The van der Waals surface area contributed by atoms with Gasteiger partial charge in [0.2, 0.25) is 0 Å². The van der Waals surface area contributed by atoms with Crippen molar-refractivity contribution in [3.05, 3.63) is 21.1 Å². The van der Waals surface area contributed by atoms with Crippen molar-refractivity contribution in [2.45, 2.75) is 36.4 Å². The van der Waals surface area contributed by atoms with E-state index in [-0.39, 0.29) is 0 Å². The van der Waals surface area contributed by atoms with Crippen molar-refractivity contribution in [3.8, 4) is 0 Å². The number of aromatic nitrogens is 2. The number of nitrogens with zero attached hydrogens (tertiary/aromatic N) is 2. The summed E-state index contributed by atoms with van der Waals surface area (Å²) in [6.07, 6.45) is 0. The van der Waals surface area contributed by atoms with Crippen LogP contribution >= 0.6 is 34.4 Å². The zero-order valence-electron chi connectivity index (χ0n) is 9.12. The van der Waals surface area contributed by atoms with Crippen LogP contribution < -0.4 is 0 Å². The first-order valence-electron chi connectivity index (χ1n) is 4.62. The second kappa shape index (κ2) is 4.23. The van der Waals surface area contributed by atoms with Crippen LogP contribution in [0.2, 0.25) is 0 Å². The molecule has 2 heterocycles. The Balaban J connectivity index is 2.21. The van der Waals surface area contributed by atoms with Crippen molar-refractivity contribution in [2.75, 3.05) is 0 Å². The van der Waals surface area contributed by atoms with Crippen LogP contribution in [0.4, 0.5) is 0 Å². The number of aryl methyl sites for hydroxylation is 4. The lowest BCUT2D eigenvalue weighted by Crippen LogP contribution is -1.74. The molecule has 0 amide bonds. The topological polar surface area (TPSA) is 25.8 Å². The molecule has 15 heavy (non-hydrogen) atoms. The first-order valence-corrected chi connectivity index (χ1v) is 7.07. The van der Waals surface area contributed by atoms with Gasteiger partial charge in [0.05, 0.1) is 11.4 Å². The molecule has 0 radical (unpaired) electrons. The van der Waals surface area contributed by atoms with Gasteiger partial charge >= 0.3 is 0 Å². The van der Waals surface area contributed by atoms with Gasteiger partial charge < -0.3 is 0 Å². The fraction of sp³-hybridized carbons (Fsp3) is 0.400. The molecule has 0 aliphatic heterocycles. The molecule has 0 aromatic carbocycles. The van der Waals surface area contributed by atoms with E-state index in [1.807, 2.05) is 13.8 Å². The summed E-state index contributed by atoms with van der Waals surface area (Å²) in [7, 11) is 0. The average molecular weight is 256 g/mol. The molecule has 2 aromatic rings. The van der Waals surface area contributed by atoms with Gasteiger partial charge in [0.15, 0.2) is 8.68 Å². The molecule has 2 rings (SSSR count). The third kappa shape index (κ3) is 2.41. The number of hydrogen-bond acceptors (Lipinski definition) is 5. The molecule has 0 fully saturated rings. The van der Waals surface area contributed by atoms with Crippen LogP contribution in [-0.4, -0.2) is 9.97 Å². The summed E-state index contributed by atoms with van der Waals surface area (Å²) in [5, 5.41) is 0. The van der Waals surface area contributed by atoms with Gasteiger partial charge in [-0.05, 0) is 39.5 Å². The van der Waals surface area contributed by atoms with Crippen molar-refractivity contribution in [2.24, 2.45) is 0 Å². The van der Waals surface area contributed by atoms with E-state index in [1.54, 1.807) is 34.4 Å². The fourth-order valence-electron chi connectivity index (χ4n) is 1.05. The van der Waals surface area contributed by atoms with Crippen molar-refractivity contribution in [1.82, 2.24) is 9.97 Å². The van der Waals surface area contributed by atoms with Crippen molar-refractivity contribution in [3.63, 3.8) is 0 Å². The maximum Gasteiger partial charge on any atom is 0.157 e. The zero-order valence-corrected chi connectivity index (χ0v) is 11.6. The standard InChI is InChI=1S/C10H12N2S3/c1-5-7(3)13-9(11-5)15-10-12-6(2)8(4)14-10/h1-4H3. The highest BCUT2D eigenvalue weighted by Gasteiger charge is 2.09. The third-order valence-corrected chi connectivity index (χ3v) is 5.46. The van der Waals surface area contributed by atoms with Gasteiger partial charge in [0.1, 0.15) is 0 Å². The first-order chi connectivity index (χ1) is 7.06. The quantitative estimate of drug-likeness (QED) is 0.812. The molecule has 0 N–H and O–H groups in total. The van der Waals surface area contributed by atoms with Crippen molar-refractivity contribution in [1.29, 1.82) is 0 Å². The summed E-state index contributed by atoms with van der Waals surface area (Å²) >= 11 is 5.16. The molecular formula is C10H12N2S3. The Labute approximate surface area is 102 Å². The highest BCUT2D eigenvalue weighted by atomic mass is 32.2. The molecule has 2 aromatic heterocycles. The van der Waals surface area contributed by atoms with Crippen LogP contribution in [0, 0.1) is 27.7 Å². The normalized spacial score (nSPS) is 10.9. The van der Waals surface area contributed by atoms with E-state index < -0.39 is 0 Å². The number of thiazole rings is 2. The number of rotatable bonds is 2. The lowest BCUT2D eigenvalue weighted by Gasteiger charge is -1.88. The fourth-order valence-corrected chi connectivity index (χ4v) is 4.55. The molecule has 0 unspecified atom stereocenters. The smallest absolute Gasteiger partial charge is 0.157 e. The SMILES string of the molecule is Cc1nc(Sc2nc(C)c(C)s2)sc1C. The highest BCUT2D eigenvalue weighted by Crippen LogP contribution is 2.35. The average Bonchev–Trinajstić information content (AvgIpc) is 2.59. The second-order valence-corrected chi connectivity index (χ2v) is 7.25. The van der Waals surface area contributed by atoms with E-state index >= 15 is 0 Å². The summed E-state index contributed by atoms with van der Waals surface area (Å²) in [5.41, 5.74) is 2.26. The molecule has 0 spiro atoms. The second-order valence-electron chi connectivity index (χ2n) is 3.34. The summed E-state index contributed by atoms with van der Waals surface area (Å²) in [4.78, 5) is 11.6. The highest BCUT2D eigenvalue weighted by molar-refractivity contribution is 8.02. The molecular weight excluding hydrogens is 244 g/mol. The monoisotopic (exact) mass is 256 g/mol. The maximum atomic E-state index is 4.49. The van der Waals surface area contributed by atoms with E-state index in [0.29, 0.717) is 0 Å². The largest absolute Gasteiger partial charge is 0.234 e. The van der Waals surface area contributed by atoms with Gasteiger partial charge in [0.25, 0.3) is 0 Å². The zero-order chi connectivity index (χ0) is 11.0.